The summed E-state index contributed by atoms with van der Waals surface area (Å²) in [5, 5.41) is 2.80. The molecule has 2 aromatic carbocycles. The van der Waals surface area contributed by atoms with Gasteiger partial charge in [0.2, 0.25) is 0 Å². The van der Waals surface area contributed by atoms with Gasteiger partial charge in [0.25, 0.3) is 5.91 Å². The fraction of sp³-hybridized carbons (Fsp3) is 0.300. The monoisotopic (exact) mass is 325 g/mol. The van der Waals surface area contributed by atoms with Crippen molar-refractivity contribution < 1.29 is 14.3 Å². The van der Waals surface area contributed by atoms with Gasteiger partial charge in [-0.1, -0.05) is 55.0 Å². The summed E-state index contributed by atoms with van der Waals surface area (Å²) in [5.41, 5.74) is 3.48. The average molecular weight is 325 g/mol. The summed E-state index contributed by atoms with van der Waals surface area (Å²) < 4.78 is 5.11. The number of hydrogen-bond donors (Lipinski definition) is 1. The molecule has 1 amide bonds. The van der Waals surface area contributed by atoms with E-state index in [4.69, 9.17) is 4.74 Å². The van der Waals surface area contributed by atoms with Gasteiger partial charge >= 0.3 is 5.97 Å². The predicted molar refractivity (Wildman–Crippen MR) is 94.1 cm³/mol. The van der Waals surface area contributed by atoms with Crippen molar-refractivity contribution in [2.75, 3.05) is 13.2 Å². The van der Waals surface area contributed by atoms with Gasteiger partial charge in [-0.3, -0.25) is 4.79 Å². The normalized spacial score (nSPS) is 11.6. The van der Waals surface area contributed by atoms with E-state index in [9.17, 15) is 9.59 Å². The molecule has 24 heavy (non-hydrogen) atoms. The summed E-state index contributed by atoms with van der Waals surface area (Å²) in [7, 11) is 0. The second-order valence-electron chi connectivity index (χ2n) is 6.01. The molecule has 0 aliphatic rings. The molecule has 1 N–H and O–H groups in total. The number of carbonyl (C=O) groups excluding carboxylic acids is 2. The van der Waals surface area contributed by atoms with Gasteiger partial charge in [-0.05, 0) is 37.0 Å². The third kappa shape index (κ3) is 4.95. The summed E-state index contributed by atoms with van der Waals surface area (Å²) in [5.74, 6) is -0.566. The van der Waals surface area contributed by atoms with Crippen LogP contribution in [0.4, 0.5) is 0 Å². The summed E-state index contributed by atoms with van der Waals surface area (Å²) in [6, 6.07) is 15.5. The van der Waals surface area contributed by atoms with Crippen molar-refractivity contribution in [3.05, 3.63) is 70.8 Å². The molecule has 4 nitrogen and oxygen atoms in total. The topological polar surface area (TPSA) is 55.4 Å². The molecule has 0 saturated heterocycles. The molecular weight excluding hydrogens is 302 g/mol. The molecule has 0 unspecified atom stereocenters. The van der Waals surface area contributed by atoms with Crippen molar-refractivity contribution in [1.29, 1.82) is 0 Å². The van der Waals surface area contributed by atoms with Crippen LogP contribution in [0.3, 0.4) is 0 Å². The van der Waals surface area contributed by atoms with Crippen molar-refractivity contribution in [2.24, 2.45) is 0 Å². The molecule has 1 atom stereocenters. The van der Waals surface area contributed by atoms with E-state index in [-0.39, 0.29) is 18.4 Å². The van der Waals surface area contributed by atoms with E-state index in [0.717, 1.165) is 16.7 Å². The zero-order chi connectivity index (χ0) is 17.5. The number of ether oxygens (including phenoxy) is 1. The third-order valence-corrected chi connectivity index (χ3v) is 3.92. The number of hydrogen-bond acceptors (Lipinski definition) is 3. The van der Waals surface area contributed by atoms with Crippen molar-refractivity contribution in [2.45, 2.75) is 26.7 Å². The molecule has 0 radical (unpaired) electrons. The van der Waals surface area contributed by atoms with Crippen LogP contribution in [0, 0.1) is 13.8 Å². The van der Waals surface area contributed by atoms with Gasteiger partial charge in [0.1, 0.15) is 0 Å². The molecule has 2 rings (SSSR count). The molecule has 0 saturated carbocycles. The highest BCUT2D eigenvalue weighted by atomic mass is 16.5. The Morgan fingerprint density at radius 2 is 1.79 bits per heavy atom. The van der Waals surface area contributed by atoms with E-state index in [1.54, 1.807) is 6.07 Å². The van der Waals surface area contributed by atoms with Crippen LogP contribution in [-0.4, -0.2) is 25.0 Å². The summed E-state index contributed by atoms with van der Waals surface area (Å²) >= 11 is 0. The van der Waals surface area contributed by atoms with Crippen LogP contribution >= 0.6 is 0 Å². The Hall–Kier alpha value is -2.62. The quantitative estimate of drug-likeness (QED) is 0.828. The lowest BCUT2D eigenvalue weighted by molar-refractivity contribution is -0.124. The second kappa shape index (κ2) is 8.29. The molecule has 0 bridgehead atoms. The Morgan fingerprint density at radius 3 is 2.50 bits per heavy atom. The number of esters is 1. The number of rotatable bonds is 6. The number of aryl methyl sites for hydroxylation is 2. The highest BCUT2D eigenvalue weighted by molar-refractivity contribution is 5.92. The molecule has 0 heterocycles. The lowest BCUT2D eigenvalue weighted by Gasteiger charge is -2.13. The smallest absolute Gasteiger partial charge is 0.338 e. The standard InChI is InChI=1S/C20H23NO3/c1-14-9-10-15(2)18(11-14)20(23)24-13-19(22)21-12-16(3)17-7-5-4-6-8-17/h4-11,16H,12-13H2,1-3H3,(H,21,22)/t16-/m0/s1. The Kier molecular flexibility index (Phi) is 6.13. The molecule has 4 heteroatoms. The minimum Gasteiger partial charge on any atom is -0.452 e. The molecule has 0 spiro atoms. The first-order chi connectivity index (χ1) is 11.5. The zero-order valence-electron chi connectivity index (χ0n) is 14.3. The zero-order valence-corrected chi connectivity index (χ0v) is 14.3. The van der Waals surface area contributed by atoms with Gasteiger partial charge in [0.15, 0.2) is 6.61 Å². The fourth-order valence-corrected chi connectivity index (χ4v) is 2.38. The molecule has 0 fully saturated rings. The molecule has 126 valence electrons. The summed E-state index contributed by atoms with van der Waals surface area (Å²) in [4.78, 5) is 24.0. The van der Waals surface area contributed by atoms with E-state index in [1.165, 1.54) is 0 Å². The molecule has 0 aromatic heterocycles. The summed E-state index contributed by atoms with van der Waals surface area (Å²) in [6.45, 7) is 6.03. The van der Waals surface area contributed by atoms with Crippen LogP contribution in [0.2, 0.25) is 0 Å². The summed E-state index contributed by atoms with van der Waals surface area (Å²) in [6.07, 6.45) is 0. The van der Waals surface area contributed by atoms with Crippen LogP contribution in [0.1, 0.15) is 39.9 Å². The van der Waals surface area contributed by atoms with Gasteiger partial charge in [-0.25, -0.2) is 4.79 Å². The Balaban J connectivity index is 1.81. The first-order valence-corrected chi connectivity index (χ1v) is 8.03. The maximum absolute atomic E-state index is 12.1. The van der Waals surface area contributed by atoms with E-state index >= 15 is 0 Å². The van der Waals surface area contributed by atoms with E-state index in [0.29, 0.717) is 12.1 Å². The van der Waals surface area contributed by atoms with E-state index in [2.05, 4.69) is 5.32 Å². The third-order valence-electron chi connectivity index (χ3n) is 3.92. The second-order valence-corrected chi connectivity index (χ2v) is 6.01. The minimum atomic E-state index is -0.470. The first-order valence-electron chi connectivity index (χ1n) is 8.03. The average Bonchev–Trinajstić information content (AvgIpc) is 2.60. The van der Waals surface area contributed by atoms with Crippen molar-refractivity contribution in [3.63, 3.8) is 0 Å². The maximum atomic E-state index is 12.1. The van der Waals surface area contributed by atoms with Gasteiger partial charge in [-0.2, -0.15) is 0 Å². The lowest BCUT2D eigenvalue weighted by Crippen LogP contribution is -2.31. The van der Waals surface area contributed by atoms with E-state index in [1.807, 2.05) is 63.2 Å². The Labute approximate surface area is 142 Å². The highest BCUT2D eigenvalue weighted by Crippen LogP contribution is 2.13. The Morgan fingerprint density at radius 1 is 1.08 bits per heavy atom. The molecule has 0 aliphatic carbocycles. The Bertz CT molecular complexity index is 710. The number of amides is 1. The van der Waals surface area contributed by atoms with Gasteiger partial charge < -0.3 is 10.1 Å². The van der Waals surface area contributed by atoms with Crippen molar-refractivity contribution >= 4 is 11.9 Å². The fourth-order valence-electron chi connectivity index (χ4n) is 2.38. The van der Waals surface area contributed by atoms with Crippen LogP contribution in [0.15, 0.2) is 48.5 Å². The molecular formula is C20H23NO3. The van der Waals surface area contributed by atoms with Gasteiger partial charge in [0.05, 0.1) is 5.56 Å². The van der Waals surface area contributed by atoms with Crippen LogP contribution in [0.25, 0.3) is 0 Å². The van der Waals surface area contributed by atoms with E-state index < -0.39 is 5.97 Å². The SMILES string of the molecule is Cc1ccc(C)c(C(=O)OCC(=O)NC[C@H](C)c2ccccc2)c1. The molecule has 0 aliphatic heterocycles. The minimum absolute atomic E-state index is 0.199. The maximum Gasteiger partial charge on any atom is 0.338 e. The largest absolute Gasteiger partial charge is 0.452 e. The van der Waals surface area contributed by atoms with Crippen LogP contribution in [-0.2, 0) is 9.53 Å². The number of nitrogens with one attached hydrogen (secondary N) is 1. The number of carbonyl (C=O) groups is 2. The first kappa shape index (κ1) is 17.7. The van der Waals surface area contributed by atoms with Gasteiger partial charge in [-0.15, -0.1) is 0 Å². The van der Waals surface area contributed by atoms with Crippen molar-refractivity contribution in [3.8, 4) is 0 Å². The molecule has 2 aromatic rings. The number of benzene rings is 2. The van der Waals surface area contributed by atoms with Crippen LogP contribution < -0.4 is 5.32 Å². The van der Waals surface area contributed by atoms with Crippen molar-refractivity contribution in [1.82, 2.24) is 5.32 Å². The predicted octanol–water partition coefficient (Wildman–Crippen LogP) is 3.38. The van der Waals surface area contributed by atoms with Crippen LogP contribution in [0.5, 0.6) is 0 Å². The highest BCUT2D eigenvalue weighted by Gasteiger charge is 2.13. The van der Waals surface area contributed by atoms with Gasteiger partial charge in [0, 0.05) is 6.54 Å². The lowest BCUT2D eigenvalue weighted by atomic mass is 10.0.